The third-order valence-corrected chi connectivity index (χ3v) is 4.03. The topological polar surface area (TPSA) is 54.6 Å². The fourth-order valence-corrected chi connectivity index (χ4v) is 2.91. The fraction of sp³-hybridized carbons (Fsp3) is 0.727. The summed E-state index contributed by atoms with van der Waals surface area (Å²) >= 11 is 1.43. The Bertz CT molecular complexity index is 380. The molecule has 17 heavy (non-hydrogen) atoms. The molecule has 5 nitrogen and oxygen atoms in total. The first-order valence-electron chi connectivity index (χ1n) is 5.92. The molecule has 2 rings (SSSR count). The lowest BCUT2D eigenvalue weighted by Crippen LogP contribution is -2.31. The summed E-state index contributed by atoms with van der Waals surface area (Å²) in [5.41, 5.74) is 5.83. The van der Waals surface area contributed by atoms with E-state index in [2.05, 4.69) is 28.3 Å². The summed E-state index contributed by atoms with van der Waals surface area (Å²) in [4.78, 5) is 4.59. The van der Waals surface area contributed by atoms with Gasteiger partial charge in [-0.3, -0.25) is 0 Å². The van der Waals surface area contributed by atoms with Gasteiger partial charge in [0.15, 0.2) is 16.6 Å². The number of nitrogen functional groups attached to an aromatic ring is 1. The first-order chi connectivity index (χ1) is 8.13. The zero-order valence-corrected chi connectivity index (χ0v) is 11.5. The van der Waals surface area contributed by atoms with E-state index in [9.17, 15) is 0 Å². The van der Waals surface area contributed by atoms with E-state index in [0.717, 1.165) is 23.8 Å². The first kappa shape index (κ1) is 12.4. The summed E-state index contributed by atoms with van der Waals surface area (Å²) in [5.74, 6) is 1.28. The maximum absolute atomic E-state index is 5.83. The van der Waals surface area contributed by atoms with Crippen LogP contribution >= 0.6 is 11.5 Å². The number of ether oxygens (including phenoxy) is 1. The maximum Gasteiger partial charge on any atom is 0.197 e. The molecular weight excluding hydrogens is 236 g/mol. The number of hydrogen-bond donors (Lipinski definition) is 1. The zero-order chi connectivity index (χ0) is 12.4. The van der Waals surface area contributed by atoms with Crippen LogP contribution < -0.4 is 15.4 Å². The van der Waals surface area contributed by atoms with E-state index >= 15 is 0 Å². The van der Waals surface area contributed by atoms with E-state index in [-0.39, 0.29) is 0 Å². The predicted molar refractivity (Wildman–Crippen MR) is 72.0 cm³/mol. The minimum absolute atomic E-state index is 0.514. The molecular formula is C11H20N4OS. The van der Waals surface area contributed by atoms with Gasteiger partial charge in [-0.25, -0.2) is 0 Å². The third-order valence-electron chi connectivity index (χ3n) is 3.13. The van der Waals surface area contributed by atoms with E-state index in [1.165, 1.54) is 18.0 Å². The van der Waals surface area contributed by atoms with E-state index in [4.69, 9.17) is 10.5 Å². The van der Waals surface area contributed by atoms with Gasteiger partial charge in [0.2, 0.25) is 0 Å². The van der Waals surface area contributed by atoms with Crippen LogP contribution in [0.4, 0.5) is 10.8 Å². The Balaban J connectivity index is 2.13. The molecule has 1 aromatic heterocycles. The van der Waals surface area contributed by atoms with Gasteiger partial charge in [0, 0.05) is 19.1 Å². The molecule has 0 aliphatic carbocycles. The molecule has 1 fully saturated rings. The van der Waals surface area contributed by atoms with Crippen LogP contribution in [0.15, 0.2) is 0 Å². The Morgan fingerprint density at radius 1 is 1.59 bits per heavy atom. The number of aromatic nitrogens is 1. The molecule has 0 amide bonds. The molecule has 2 heterocycles. The van der Waals surface area contributed by atoms with Crippen LogP contribution in [-0.4, -0.2) is 49.1 Å². The van der Waals surface area contributed by atoms with Crippen LogP contribution in [-0.2, 0) is 0 Å². The summed E-state index contributed by atoms with van der Waals surface area (Å²) < 4.78 is 9.77. The highest BCUT2D eigenvalue weighted by Crippen LogP contribution is 2.39. The number of nitrogens with zero attached hydrogens (tertiary/aromatic N) is 3. The van der Waals surface area contributed by atoms with Crippen LogP contribution in [0, 0.1) is 0 Å². The van der Waals surface area contributed by atoms with Crippen molar-refractivity contribution < 1.29 is 4.74 Å². The summed E-state index contributed by atoms with van der Waals surface area (Å²) in [6.07, 6.45) is 1.18. The Labute approximate surface area is 106 Å². The van der Waals surface area contributed by atoms with Gasteiger partial charge in [-0.1, -0.05) is 0 Å². The van der Waals surface area contributed by atoms with E-state index in [0.29, 0.717) is 18.5 Å². The molecule has 96 valence electrons. The third kappa shape index (κ3) is 2.47. The van der Waals surface area contributed by atoms with Gasteiger partial charge in [-0.05, 0) is 39.0 Å². The molecule has 1 atom stereocenters. The van der Waals surface area contributed by atoms with Crippen molar-refractivity contribution in [3.63, 3.8) is 0 Å². The molecule has 1 aliphatic rings. The standard InChI is InChI=1S/C11H20N4OS/c1-4-16-9-10(12)13-17-11(9)15-6-5-8(7-15)14(2)3/h8H,4-7H2,1-3H3,(H2,12,13). The zero-order valence-electron chi connectivity index (χ0n) is 10.6. The molecule has 1 unspecified atom stereocenters. The number of nitrogens with two attached hydrogens (primary N) is 1. The molecule has 0 saturated carbocycles. The van der Waals surface area contributed by atoms with Crippen molar-refractivity contribution in [3.05, 3.63) is 0 Å². The lowest BCUT2D eigenvalue weighted by atomic mass is 10.2. The minimum Gasteiger partial charge on any atom is -0.487 e. The first-order valence-corrected chi connectivity index (χ1v) is 6.70. The predicted octanol–water partition coefficient (Wildman–Crippen LogP) is 1.26. The Hall–Kier alpha value is -1.01. The van der Waals surface area contributed by atoms with Gasteiger partial charge < -0.3 is 20.3 Å². The molecule has 0 spiro atoms. The second kappa shape index (κ2) is 5.10. The normalized spacial score (nSPS) is 20.2. The fourth-order valence-electron chi connectivity index (χ4n) is 2.11. The number of likely N-dealkylation sites (N-methyl/N-ethyl adjacent to an activating group) is 1. The van der Waals surface area contributed by atoms with Crippen molar-refractivity contribution >= 4 is 22.4 Å². The largest absolute Gasteiger partial charge is 0.487 e. The highest BCUT2D eigenvalue weighted by atomic mass is 32.1. The van der Waals surface area contributed by atoms with Crippen molar-refractivity contribution in [3.8, 4) is 5.75 Å². The van der Waals surface area contributed by atoms with E-state index in [1.807, 2.05) is 6.92 Å². The molecule has 0 radical (unpaired) electrons. The maximum atomic E-state index is 5.83. The van der Waals surface area contributed by atoms with Crippen molar-refractivity contribution in [2.24, 2.45) is 0 Å². The SMILES string of the molecule is CCOc1c(N)nsc1N1CCC(N(C)C)C1. The smallest absolute Gasteiger partial charge is 0.197 e. The van der Waals surface area contributed by atoms with Crippen molar-refractivity contribution in [1.29, 1.82) is 0 Å². The minimum atomic E-state index is 0.514. The quantitative estimate of drug-likeness (QED) is 0.879. The monoisotopic (exact) mass is 256 g/mol. The molecule has 0 bridgehead atoms. The summed E-state index contributed by atoms with van der Waals surface area (Å²) in [7, 11) is 4.25. The number of rotatable bonds is 4. The summed E-state index contributed by atoms with van der Waals surface area (Å²) in [6.45, 7) is 4.66. The number of anilines is 2. The second-order valence-electron chi connectivity index (χ2n) is 4.49. The Morgan fingerprint density at radius 2 is 2.35 bits per heavy atom. The van der Waals surface area contributed by atoms with Crippen LogP contribution in [0.5, 0.6) is 5.75 Å². The van der Waals surface area contributed by atoms with Gasteiger partial charge in [0.05, 0.1) is 6.61 Å². The Kier molecular flexibility index (Phi) is 3.73. The highest BCUT2D eigenvalue weighted by Gasteiger charge is 2.28. The molecule has 2 N–H and O–H groups in total. The average molecular weight is 256 g/mol. The number of hydrogen-bond acceptors (Lipinski definition) is 6. The van der Waals surface area contributed by atoms with E-state index < -0.39 is 0 Å². The lowest BCUT2D eigenvalue weighted by Gasteiger charge is -2.21. The lowest BCUT2D eigenvalue weighted by molar-refractivity contribution is 0.315. The average Bonchev–Trinajstić information content (AvgIpc) is 2.87. The van der Waals surface area contributed by atoms with Crippen LogP contribution in [0.1, 0.15) is 13.3 Å². The van der Waals surface area contributed by atoms with Crippen molar-refractivity contribution in [1.82, 2.24) is 9.27 Å². The molecule has 6 heteroatoms. The van der Waals surface area contributed by atoms with Crippen LogP contribution in [0.25, 0.3) is 0 Å². The molecule has 1 saturated heterocycles. The summed E-state index contributed by atoms with van der Waals surface area (Å²) in [6, 6.07) is 0.604. The molecule has 0 aromatic carbocycles. The highest BCUT2D eigenvalue weighted by molar-refractivity contribution is 7.11. The van der Waals surface area contributed by atoms with Gasteiger partial charge in [0.1, 0.15) is 0 Å². The molecule has 1 aromatic rings. The van der Waals surface area contributed by atoms with Gasteiger partial charge in [-0.15, -0.1) is 0 Å². The van der Waals surface area contributed by atoms with Crippen LogP contribution in [0.2, 0.25) is 0 Å². The Morgan fingerprint density at radius 3 is 2.94 bits per heavy atom. The van der Waals surface area contributed by atoms with Gasteiger partial charge in [-0.2, -0.15) is 4.37 Å². The van der Waals surface area contributed by atoms with E-state index in [1.54, 1.807) is 0 Å². The van der Waals surface area contributed by atoms with Gasteiger partial charge in [0.25, 0.3) is 0 Å². The van der Waals surface area contributed by atoms with Gasteiger partial charge >= 0.3 is 0 Å². The molecule has 1 aliphatic heterocycles. The van der Waals surface area contributed by atoms with Crippen molar-refractivity contribution in [2.45, 2.75) is 19.4 Å². The second-order valence-corrected chi connectivity index (χ2v) is 5.24. The van der Waals surface area contributed by atoms with Crippen LogP contribution in [0.3, 0.4) is 0 Å². The summed E-state index contributed by atoms with van der Waals surface area (Å²) in [5, 5.41) is 1.08. The van der Waals surface area contributed by atoms with Crippen molar-refractivity contribution in [2.75, 3.05) is 44.4 Å².